The van der Waals surface area contributed by atoms with Crippen molar-refractivity contribution in [3.05, 3.63) is 24.4 Å². The molecule has 4 nitrogen and oxygen atoms in total. The predicted molar refractivity (Wildman–Crippen MR) is 81.0 cm³/mol. The molecule has 0 spiro atoms. The van der Waals surface area contributed by atoms with Crippen molar-refractivity contribution in [3.63, 3.8) is 0 Å². The maximum Gasteiger partial charge on any atom is 0.222 e. The van der Waals surface area contributed by atoms with Gasteiger partial charge in [-0.1, -0.05) is 25.3 Å². The molecule has 114 valence electrons. The van der Waals surface area contributed by atoms with E-state index >= 15 is 0 Å². The highest BCUT2D eigenvalue weighted by molar-refractivity contribution is 5.76. The van der Waals surface area contributed by atoms with E-state index < -0.39 is 0 Å². The highest BCUT2D eigenvalue weighted by Gasteiger charge is 2.29. The van der Waals surface area contributed by atoms with Crippen molar-refractivity contribution in [1.29, 1.82) is 0 Å². The van der Waals surface area contributed by atoms with Gasteiger partial charge in [0.15, 0.2) is 0 Å². The first-order valence-electron chi connectivity index (χ1n) is 8.17. The molecule has 1 amide bonds. The second-order valence-corrected chi connectivity index (χ2v) is 6.24. The number of hydrogen-bond donors (Lipinski definition) is 0. The van der Waals surface area contributed by atoms with Crippen LogP contribution in [0.5, 0.6) is 5.88 Å². The predicted octanol–water partition coefficient (Wildman–Crippen LogP) is 3.03. The fraction of sp³-hybridized carbons (Fsp3) is 0.647. The second-order valence-electron chi connectivity index (χ2n) is 6.24. The first-order chi connectivity index (χ1) is 10.3. The van der Waals surface area contributed by atoms with Gasteiger partial charge < -0.3 is 9.64 Å². The van der Waals surface area contributed by atoms with Crippen molar-refractivity contribution in [2.45, 2.75) is 51.0 Å². The van der Waals surface area contributed by atoms with Crippen LogP contribution in [0.3, 0.4) is 0 Å². The quantitative estimate of drug-likeness (QED) is 0.855. The monoisotopic (exact) mass is 288 g/mol. The standard InChI is InChI=1S/C17H24N2O2/c20-17(12-14-6-2-1-3-7-14)19-11-9-15(13-19)21-16-8-4-5-10-18-16/h4-5,8,10,14-15H,1-3,6-7,9,11-13H2. The van der Waals surface area contributed by atoms with Gasteiger partial charge in [-0.25, -0.2) is 4.98 Å². The summed E-state index contributed by atoms with van der Waals surface area (Å²) in [6, 6.07) is 5.66. The average Bonchev–Trinajstić information content (AvgIpc) is 2.98. The van der Waals surface area contributed by atoms with Gasteiger partial charge in [0, 0.05) is 31.6 Å². The van der Waals surface area contributed by atoms with Gasteiger partial charge in [0.2, 0.25) is 11.8 Å². The zero-order valence-corrected chi connectivity index (χ0v) is 12.5. The normalized spacial score (nSPS) is 23.2. The molecule has 1 aliphatic carbocycles. The van der Waals surface area contributed by atoms with Gasteiger partial charge in [-0.15, -0.1) is 0 Å². The highest BCUT2D eigenvalue weighted by Crippen LogP contribution is 2.27. The Morgan fingerprint density at radius 3 is 2.86 bits per heavy atom. The van der Waals surface area contributed by atoms with Crippen LogP contribution in [0, 0.1) is 5.92 Å². The summed E-state index contributed by atoms with van der Waals surface area (Å²) in [4.78, 5) is 18.5. The Hall–Kier alpha value is -1.58. The van der Waals surface area contributed by atoms with Gasteiger partial charge in [-0.3, -0.25) is 4.79 Å². The van der Waals surface area contributed by atoms with Gasteiger partial charge in [0.1, 0.15) is 6.10 Å². The van der Waals surface area contributed by atoms with E-state index in [1.165, 1.54) is 32.1 Å². The lowest BCUT2D eigenvalue weighted by Gasteiger charge is -2.24. The molecule has 1 saturated carbocycles. The fourth-order valence-corrected chi connectivity index (χ4v) is 3.41. The van der Waals surface area contributed by atoms with E-state index in [4.69, 9.17) is 4.74 Å². The number of hydrogen-bond acceptors (Lipinski definition) is 3. The Morgan fingerprint density at radius 2 is 2.10 bits per heavy atom. The van der Waals surface area contributed by atoms with Crippen molar-refractivity contribution >= 4 is 5.91 Å². The number of carbonyl (C=O) groups excluding carboxylic acids is 1. The van der Waals surface area contributed by atoms with E-state index in [-0.39, 0.29) is 6.10 Å². The molecule has 2 heterocycles. The minimum absolute atomic E-state index is 0.0928. The number of likely N-dealkylation sites (tertiary alicyclic amines) is 1. The molecule has 1 unspecified atom stereocenters. The molecule has 0 aromatic carbocycles. The molecular weight excluding hydrogens is 264 g/mol. The minimum Gasteiger partial charge on any atom is -0.472 e. The summed E-state index contributed by atoms with van der Waals surface area (Å²) in [5.74, 6) is 1.58. The Balaban J connectivity index is 1.46. The van der Waals surface area contributed by atoms with Crippen LogP contribution in [0.15, 0.2) is 24.4 Å². The molecule has 1 aromatic rings. The third kappa shape index (κ3) is 3.96. The van der Waals surface area contributed by atoms with Crippen LogP contribution in [-0.4, -0.2) is 35.0 Å². The van der Waals surface area contributed by atoms with Crippen molar-refractivity contribution in [3.8, 4) is 5.88 Å². The maximum absolute atomic E-state index is 12.4. The molecule has 1 aliphatic heterocycles. The average molecular weight is 288 g/mol. The van der Waals surface area contributed by atoms with Gasteiger partial charge in [0.05, 0.1) is 6.54 Å². The number of rotatable bonds is 4. The molecule has 3 rings (SSSR count). The lowest BCUT2D eigenvalue weighted by molar-refractivity contribution is -0.131. The van der Waals surface area contributed by atoms with Crippen molar-refractivity contribution in [2.75, 3.05) is 13.1 Å². The molecule has 1 atom stereocenters. The van der Waals surface area contributed by atoms with Crippen molar-refractivity contribution in [1.82, 2.24) is 9.88 Å². The third-order valence-electron chi connectivity index (χ3n) is 4.61. The highest BCUT2D eigenvalue weighted by atomic mass is 16.5. The van der Waals surface area contributed by atoms with E-state index in [0.717, 1.165) is 19.4 Å². The largest absolute Gasteiger partial charge is 0.472 e. The zero-order chi connectivity index (χ0) is 14.5. The Bertz CT molecular complexity index is 457. The first kappa shape index (κ1) is 14.4. The Kier molecular flexibility index (Phi) is 4.73. The van der Waals surface area contributed by atoms with E-state index in [1.54, 1.807) is 6.20 Å². The molecule has 2 fully saturated rings. The van der Waals surface area contributed by atoms with E-state index in [0.29, 0.717) is 24.2 Å². The molecule has 0 bridgehead atoms. The fourth-order valence-electron chi connectivity index (χ4n) is 3.41. The topological polar surface area (TPSA) is 42.4 Å². The summed E-state index contributed by atoms with van der Waals surface area (Å²) >= 11 is 0. The van der Waals surface area contributed by atoms with Crippen LogP contribution in [0.1, 0.15) is 44.9 Å². The van der Waals surface area contributed by atoms with Gasteiger partial charge in [-0.2, -0.15) is 0 Å². The van der Waals surface area contributed by atoms with Crippen LogP contribution in [0.25, 0.3) is 0 Å². The summed E-state index contributed by atoms with van der Waals surface area (Å²) in [6.07, 6.45) is 9.86. The number of pyridine rings is 1. The van der Waals surface area contributed by atoms with Crippen LogP contribution in [0.2, 0.25) is 0 Å². The number of aromatic nitrogens is 1. The number of ether oxygens (including phenoxy) is 1. The van der Waals surface area contributed by atoms with Crippen LogP contribution < -0.4 is 4.74 Å². The minimum atomic E-state index is 0.0928. The molecular formula is C17H24N2O2. The summed E-state index contributed by atoms with van der Waals surface area (Å²) in [5.41, 5.74) is 0. The molecule has 0 radical (unpaired) electrons. The summed E-state index contributed by atoms with van der Waals surface area (Å²) in [6.45, 7) is 1.53. The van der Waals surface area contributed by atoms with Crippen LogP contribution in [0.4, 0.5) is 0 Å². The van der Waals surface area contributed by atoms with Gasteiger partial charge in [0.25, 0.3) is 0 Å². The molecule has 1 saturated heterocycles. The smallest absolute Gasteiger partial charge is 0.222 e. The number of carbonyl (C=O) groups is 1. The lowest BCUT2D eigenvalue weighted by Crippen LogP contribution is -2.32. The van der Waals surface area contributed by atoms with Gasteiger partial charge >= 0.3 is 0 Å². The van der Waals surface area contributed by atoms with E-state index in [9.17, 15) is 4.79 Å². The molecule has 4 heteroatoms. The molecule has 2 aliphatic rings. The molecule has 21 heavy (non-hydrogen) atoms. The van der Waals surface area contributed by atoms with Crippen molar-refractivity contribution < 1.29 is 9.53 Å². The number of nitrogens with zero attached hydrogens (tertiary/aromatic N) is 2. The van der Waals surface area contributed by atoms with Crippen LogP contribution >= 0.6 is 0 Å². The molecule has 1 aromatic heterocycles. The number of amides is 1. The van der Waals surface area contributed by atoms with Crippen molar-refractivity contribution in [2.24, 2.45) is 5.92 Å². The van der Waals surface area contributed by atoms with Crippen LogP contribution in [-0.2, 0) is 4.79 Å². The SMILES string of the molecule is O=C(CC1CCCCC1)N1CCC(Oc2ccccn2)C1. The summed E-state index contributed by atoms with van der Waals surface area (Å²) in [5, 5.41) is 0. The second kappa shape index (κ2) is 6.92. The lowest BCUT2D eigenvalue weighted by atomic mass is 9.87. The van der Waals surface area contributed by atoms with E-state index in [2.05, 4.69) is 4.98 Å². The van der Waals surface area contributed by atoms with E-state index in [1.807, 2.05) is 23.1 Å². The third-order valence-corrected chi connectivity index (χ3v) is 4.61. The van der Waals surface area contributed by atoms with Gasteiger partial charge in [-0.05, 0) is 24.8 Å². The summed E-state index contributed by atoms with van der Waals surface area (Å²) < 4.78 is 5.84. The molecule has 0 N–H and O–H groups in total. The Labute approximate surface area is 126 Å². The summed E-state index contributed by atoms with van der Waals surface area (Å²) in [7, 11) is 0. The maximum atomic E-state index is 12.4. The zero-order valence-electron chi connectivity index (χ0n) is 12.5. The first-order valence-corrected chi connectivity index (χ1v) is 8.17. The Morgan fingerprint density at radius 1 is 1.24 bits per heavy atom.